The molecule has 0 saturated heterocycles. The lowest BCUT2D eigenvalue weighted by Crippen LogP contribution is -2.31. The second kappa shape index (κ2) is 10.4. The first-order chi connectivity index (χ1) is 15.8. The highest BCUT2D eigenvalue weighted by molar-refractivity contribution is 7.89. The van der Waals surface area contributed by atoms with Gasteiger partial charge in [0, 0.05) is 13.1 Å². The van der Waals surface area contributed by atoms with Crippen molar-refractivity contribution in [2.75, 3.05) is 34.2 Å². The second-order valence-corrected chi connectivity index (χ2v) is 8.97. The molecule has 0 amide bonds. The van der Waals surface area contributed by atoms with Gasteiger partial charge in [-0.3, -0.25) is 0 Å². The van der Waals surface area contributed by atoms with E-state index in [0.29, 0.717) is 39.8 Å². The van der Waals surface area contributed by atoms with Gasteiger partial charge in [0.25, 0.3) is 10.0 Å². The van der Waals surface area contributed by atoms with Crippen LogP contribution in [0.15, 0.2) is 59.8 Å². The third kappa shape index (κ3) is 5.47. The predicted octanol–water partition coefficient (Wildman–Crippen LogP) is 3.09. The Morgan fingerprint density at radius 1 is 0.758 bits per heavy atom. The van der Waals surface area contributed by atoms with E-state index in [0.717, 1.165) is 0 Å². The highest BCUT2D eigenvalue weighted by Gasteiger charge is 2.27. The zero-order valence-electron chi connectivity index (χ0n) is 18.9. The standard InChI is InChI=1S/C23H27N3O6S/c1-29-19-8-5-16(11-21(19)31-3)14-26(33(27,28)23-10-7-18(24)13-25-23)15-17-6-9-20(30-2)22(12-17)32-4/h5-13H,14-15,24H2,1-4H3. The van der Waals surface area contributed by atoms with Gasteiger partial charge < -0.3 is 24.7 Å². The van der Waals surface area contributed by atoms with Gasteiger partial charge in [-0.1, -0.05) is 12.1 Å². The molecule has 2 aromatic carbocycles. The summed E-state index contributed by atoms with van der Waals surface area (Å²) in [6.45, 7) is 0.145. The topological polar surface area (TPSA) is 113 Å². The third-order valence-electron chi connectivity index (χ3n) is 4.98. The van der Waals surface area contributed by atoms with E-state index in [1.807, 2.05) is 0 Å². The van der Waals surface area contributed by atoms with E-state index in [-0.39, 0.29) is 18.1 Å². The first-order valence-corrected chi connectivity index (χ1v) is 11.4. The highest BCUT2D eigenvalue weighted by atomic mass is 32.2. The van der Waals surface area contributed by atoms with E-state index < -0.39 is 10.0 Å². The molecular formula is C23H27N3O6S. The number of hydrogen-bond acceptors (Lipinski definition) is 8. The molecule has 1 aromatic heterocycles. The van der Waals surface area contributed by atoms with E-state index in [9.17, 15) is 8.42 Å². The van der Waals surface area contributed by atoms with Crippen molar-refractivity contribution in [3.8, 4) is 23.0 Å². The van der Waals surface area contributed by atoms with Crippen molar-refractivity contribution >= 4 is 15.7 Å². The van der Waals surface area contributed by atoms with Crippen molar-refractivity contribution in [3.05, 3.63) is 65.9 Å². The molecule has 0 spiro atoms. The van der Waals surface area contributed by atoms with Crippen LogP contribution in [-0.4, -0.2) is 46.1 Å². The largest absolute Gasteiger partial charge is 0.493 e. The van der Waals surface area contributed by atoms with Gasteiger partial charge in [0.1, 0.15) is 0 Å². The molecule has 0 atom stereocenters. The number of rotatable bonds is 10. The Kier molecular flexibility index (Phi) is 7.62. The van der Waals surface area contributed by atoms with Crippen molar-refractivity contribution in [3.63, 3.8) is 0 Å². The predicted molar refractivity (Wildman–Crippen MR) is 124 cm³/mol. The summed E-state index contributed by atoms with van der Waals surface area (Å²) < 4.78 is 49.7. The molecule has 10 heteroatoms. The summed E-state index contributed by atoms with van der Waals surface area (Å²) in [5, 5.41) is -0.0994. The van der Waals surface area contributed by atoms with Crippen molar-refractivity contribution in [1.82, 2.24) is 9.29 Å². The number of nitrogen functional groups attached to an aromatic ring is 1. The quantitative estimate of drug-likeness (QED) is 0.478. The van der Waals surface area contributed by atoms with Crippen LogP contribution >= 0.6 is 0 Å². The molecule has 0 fully saturated rings. The van der Waals surface area contributed by atoms with E-state index >= 15 is 0 Å². The van der Waals surface area contributed by atoms with Crippen LogP contribution in [0, 0.1) is 0 Å². The summed E-state index contributed by atoms with van der Waals surface area (Å²) in [4.78, 5) is 4.03. The maximum absolute atomic E-state index is 13.5. The fourth-order valence-corrected chi connectivity index (χ4v) is 4.60. The molecule has 3 aromatic rings. The zero-order valence-corrected chi connectivity index (χ0v) is 19.8. The minimum absolute atomic E-state index is 0.0725. The summed E-state index contributed by atoms with van der Waals surface area (Å²) in [6.07, 6.45) is 1.32. The summed E-state index contributed by atoms with van der Waals surface area (Å²) >= 11 is 0. The smallest absolute Gasteiger partial charge is 0.261 e. The fourth-order valence-electron chi connectivity index (χ4n) is 3.27. The molecule has 33 heavy (non-hydrogen) atoms. The molecular weight excluding hydrogens is 446 g/mol. The van der Waals surface area contributed by atoms with Gasteiger partial charge in [-0.2, -0.15) is 4.31 Å². The Morgan fingerprint density at radius 2 is 1.24 bits per heavy atom. The van der Waals surface area contributed by atoms with Crippen LogP contribution < -0.4 is 24.7 Å². The van der Waals surface area contributed by atoms with Crippen LogP contribution in [-0.2, 0) is 23.1 Å². The zero-order chi connectivity index (χ0) is 24.0. The van der Waals surface area contributed by atoms with Crippen molar-refractivity contribution in [2.24, 2.45) is 0 Å². The lowest BCUT2D eigenvalue weighted by molar-refractivity contribution is 0.350. The monoisotopic (exact) mass is 473 g/mol. The third-order valence-corrected chi connectivity index (χ3v) is 6.69. The molecule has 0 bridgehead atoms. The summed E-state index contributed by atoms with van der Waals surface area (Å²) in [5.74, 6) is 2.11. The molecule has 0 saturated carbocycles. The van der Waals surface area contributed by atoms with Crippen LogP contribution in [0.2, 0.25) is 0 Å². The molecule has 0 unspecified atom stereocenters. The highest BCUT2D eigenvalue weighted by Crippen LogP contribution is 2.31. The molecule has 3 rings (SSSR count). The molecule has 2 N–H and O–H groups in total. The maximum Gasteiger partial charge on any atom is 0.261 e. The van der Waals surface area contributed by atoms with Crippen LogP contribution in [0.25, 0.3) is 0 Å². The molecule has 9 nitrogen and oxygen atoms in total. The van der Waals surface area contributed by atoms with Gasteiger partial charge in [-0.05, 0) is 47.5 Å². The van der Waals surface area contributed by atoms with Crippen molar-refractivity contribution in [1.29, 1.82) is 0 Å². The number of ether oxygens (including phenoxy) is 4. The number of anilines is 1. The van der Waals surface area contributed by atoms with Gasteiger partial charge in [-0.15, -0.1) is 0 Å². The molecule has 0 radical (unpaired) electrons. The maximum atomic E-state index is 13.5. The molecule has 176 valence electrons. The van der Waals surface area contributed by atoms with Crippen molar-refractivity contribution in [2.45, 2.75) is 18.1 Å². The Morgan fingerprint density at radius 3 is 1.64 bits per heavy atom. The number of aromatic nitrogens is 1. The Balaban J connectivity index is 2.02. The average molecular weight is 474 g/mol. The lowest BCUT2D eigenvalue weighted by Gasteiger charge is -2.23. The molecule has 0 aliphatic carbocycles. The van der Waals surface area contributed by atoms with Gasteiger partial charge in [0.05, 0.1) is 40.3 Å². The van der Waals surface area contributed by atoms with Gasteiger partial charge in [-0.25, -0.2) is 13.4 Å². The fraction of sp³-hybridized carbons (Fsp3) is 0.261. The summed E-state index contributed by atoms with van der Waals surface area (Å²) in [5.41, 5.74) is 7.49. The minimum atomic E-state index is -3.96. The number of nitrogens with two attached hydrogens (primary N) is 1. The van der Waals surface area contributed by atoms with Crippen LogP contribution in [0.1, 0.15) is 11.1 Å². The molecule has 0 aliphatic rings. The van der Waals surface area contributed by atoms with E-state index in [4.69, 9.17) is 24.7 Å². The first kappa shape index (κ1) is 24.1. The van der Waals surface area contributed by atoms with Crippen LogP contribution in [0.4, 0.5) is 5.69 Å². The summed E-state index contributed by atoms with van der Waals surface area (Å²) in [7, 11) is 2.17. The lowest BCUT2D eigenvalue weighted by atomic mass is 10.1. The first-order valence-electron chi connectivity index (χ1n) is 9.95. The number of benzene rings is 2. The minimum Gasteiger partial charge on any atom is -0.493 e. The average Bonchev–Trinajstić information content (AvgIpc) is 2.83. The van der Waals surface area contributed by atoms with Gasteiger partial charge in [0.2, 0.25) is 0 Å². The van der Waals surface area contributed by atoms with Gasteiger partial charge >= 0.3 is 0 Å². The molecule has 1 heterocycles. The van der Waals surface area contributed by atoms with Gasteiger partial charge in [0.15, 0.2) is 28.0 Å². The Bertz CT molecular complexity index is 1140. The number of nitrogens with zero attached hydrogens (tertiary/aromatic N) is 2. The molecule has 0 aliphatic heterocycles. The van der Waals surface area contributed by atoms with E-state index in [2.05, 4.69) is 4.98 Å². The Hall–Kier alpha value is -3.50. The summed E-state index contributed by atoms with van der Waals surface area (Å²) in [6, 6.07) is 13.4. The van der Waals surface area contributed by atoms with Crippen LogP contribution in [0.5, 0.6) is 23.0 Å². The normalized spacial score (nSPS) is 11.3. The number of hydrogen-bond donors (Lipinski definition) is 1. The van der Waals surface area contributed by atoms with E-state index in [1.165, 1.54) is 51.1 Å². The second-order valence-electron chi connectivity index (χ2n) is 7.08. The van der Waals surface area contributed by atoms with Crippen LogP contribution in [0.3, 0.4) is 0 Å². The Labute approximate surface area is 193 Å². The number of sulfonamides is 1. The number of pyridine rings is 1. The SMILES string of the molecule is COc1ccc(CN(Cc2ccc(OC)c(OC)c2)S(=O)(=O)c2ccc(N)cn2)cc1OC. The van der Waals surface area contributed by atoms with E-state index in [1.54, 1.807) is 36.4 Å². The van der Waals surface area contributed by atoms with Crippen molar-refractivity contribution < 1.29 is 27.4 Å². The number of methoxy groups -OCH3 is 4.